The second-order valence-electron chi connectivity index (χ2n) is 19.3. The van der Waals surface area contributed by atoms with E-state index in [1.807, 2.05) is 89.9 Å². The summed E-state index contributed by atoms with van der Waals surface area (Å²) < 4.78 is 15.0. The number of rotatable bonds is 29. The van der Waals surface area contributed by atoms with Crippen molar-refractivity contribution < 1.29 is 28.6 Å². The molecule has 3 atom stereocenters. The summed E-state index contributed by atoms with van der Waals surface area (Å²) in [5.41, 5.74) is 7.84. The van der Waals surface area contributed by atoms with E-state index >= 15 is 0 Å². The first-order valence-electron chi connectivity index (χ1n) is 28.4. The molecule has 0 N–H and O–H groups in total. The number of ether oxygens (including phenoxy) is 3. The van der Waals surface area contributed by atoms with Crippen molar-refractivity contribution in [3.63, 3.8) is 0 Å². The monoisotopic (exact) mass is 1140 g/mol. The fourth-order valence-corrected chi connectivity index (χ4v) is 10.5. The molecule has 6 aromatic carbocycles. The van der Waals surface area contributed by atoms with E-state index in [2.05, 4.69) is 106 Å². The average Bonchev–Trinajstić information content (AvgIpc) is 3.50. The normalized spacial score (nSPS) is 11.7. The number of nitriles is 3. The van der Waals surface area contributed by atoms with Crippen molar-refractivity contribution in [1.82, 2.24) is 0 Å². The highest BCUT2D eigenvalue weighted by Gasteiger charge is 2.14. The van der Waals surface area contributed by atoms with Crippen LogP contribution in [0.5, 0.6) is 0 Å². The zero-order valence-electron chi connectivity index (χ0n) is 48.1. The molecule has 0 bridgehead atoms. The van der Waals surface area contributed by atoms with Crippen LogP contribution in [-0.2, 0) is 14.2 Å². The molecular formula is C69H79N3O6S3. The number of hydrogen-bond acceptors (Lipinski definition) is 12. The van der Waals surface area contributed by atoms with Crippen LogP contribution >= 0.6 is 35.3 Å². The molecule has 0 spiro atoms. The fraction of sp³-hybridized carbons (Fsp3) is 0.362. The highest BCUT2D eigenvalue weighted by molar-refractivity contribution is 7.99. The number of carbonyl (C=O) groups is 3. The fourth-order valence-electron chi connectivity index (χ4n) is 7.81. The number of esters is 3. The predicted molar refractivity (Wildman–Crippen MR) is 335 cm³/mol. The molecule has 0 heterocycles. The van der Waals surface area contributed by atoms with Crippen molar-refractivity contribution >= 4 is 53.2 Å². The Hall–Kier alpha value is -7.01. The van der Waals surface area contributed by atoms with Crippen molar-refractivity contribution in [3.05, 3.63) is 174 Å². The molecule has 6 rings (SSSR count). The quantitative estimate of drug-likeness (QED) is 0.0145. The van der Waals surface area contributed by atoms with Gasteiger partial charge in [-0.3, -0.25) is 0 Å². The zero-order valence-corrected chi connectivity index (χ0v) is 50.5. The van der Waals surface area contributed by atoms with E-state index in [1.165, 1.54) is 97.5 Å². The second-order valence-corrected chi connectivity index (χ2v) is 22.8. The molecule has 81 heavy (non-hydrogen) atoms. The van der Waals surface area contributed by atoms with Gasteiger partial charge in [0.15, 0.2) is 18.3 Å². The minimum Gasteiger partial charge on any atom is -0.444 e. The van der Waals surface area contributed by atoms with Gasteiger partial charge < -0.3 is 14.2 Å². The predicted octanol–water partition coefficient (Wildman–Crippen LogP) is 19.2. The van der Waals surface area contributed by atoms with Gasteiger partial charge in [-0.05, 0) is 164 Å². The first kappa shape index (κ1) is 66.5. The lowest BCUT2D eigenvalue weighted by Crippen LogP contribution is -2.12. The summed E-state index contributed by atoms with van der Waals surface area (Å²) in [5.74, 6) is 2.00. The lowest BCUT2D eigenvalue weighted by Gasteiger charge is -2.08. The lowest BCUT2D eigenvalue weighted by molar-refractivity contribution is 0.0425. The minimum atomic E-state index is -0.746. The second kappa shape index (κ2) is 39.4. The van der Waals surface area contributed by atoms with Gasteiger partial charge >= 0.3 is 17.9 Å². The van der Waals surface area contributed by atoms with Crippen molar-refractivity contribution in [1.29, 1.82) is 15.8 Å². The van der Waals surface area contributed by atoms with Gasteiger partial charge in [-0.2, -0.15) is 15.8 Å². The Morgan fingerprint density at radius 3 is 0.926 bits per heavy atom. The molecule has 0 fully saturated rings. The van der Waals surface area contributed by atoms with Gasteiger partial charge in [0.2, 0.25) is 0 Å². The molecule has 0 saturated heterocycles. The summed E-state index contributed by atoms with van der Waals surface area (Å²) in [6, 6.07) is 53.0. The van der Waals surface area contributed by atoms with Gasteiger partial charge in [-0.15, -0.1) is 35.3 Å². The molecule has 0 unspecified atom stereocenters. The van der Waals surface area contributed by atoms with Crippen molar-refractivity contribution in [3.8, 4) is 51.6 Å². The Labute approximate surface area is 495 Å². The number of nitrogens with zero attached hydrogens (tertiary/aromatic N) is 3. The molecule has 0 aromatic heterocycles. The van der Waals surface area contributed by atoms with Crippen LogP contribution in [0.25, 0.3) is 33.4 Å². The van der Waals surface area contributed by atoms with Crippen LogP contribution in [0.4, 0.5) is 0 Å². The van der Waals surface area contributed by atoms with Gasteiger partial charge in [-0.1, -0.05) is 164 Å². The highest BCUT2D eigenvalue weighted by atomic mass is 32.2. The SMILES string of the molecule is CCCCC=CCCSc1ccc(-c2ccc(C(=O)O[C@H](C)C#N)cc2)cc1.CCCCCCCSc1ccc(-c2ccc(C(=O)O[C@H](C)C#N)cc2)cc1.CCCCCCSc1ccc(-c2ccc(C(=O)O[C@H](C)C#N)cc2)cc1. The third kappa shape index (κ3) is 26.0. The summed E-state index contributed by atoms with van der Waals surface area (Å²) >= 11 is 5.67. The number of carbonyl (C=O) groups excluding carboxylic acids is 3. The van der Waals surface area contributed by atoms with Gasteiger partial charge in [0.25, 0.3) is 0 Å². The number of allylic oxidation sites excluding steroid dienone is 2. The topological polar surface area (TPSA) is 150 Å². The molecule has 0 aliphatic heterocycles. The maximum absolute atomic E-state index is 11.9. The molecule has 0 aliphatic carbocycles. The molecular weight excluding hydrogens is 1060 g/mol. The molecule has 0 saturated carbocycles. The zero-order chi connectivity index (χ0) is 58.5. The summed E-state index contributed by atoms with van der Waals surface area (Å²) in [6.07, 6.45) is 18.9. The Morgan fingerprint density at radius 2 is 0.630 bits per heavy atom. The molecule has 0 radical (unpaired) electrons. The van der Waals surface area contributed by atoms with Crippen molar-refractivity contribution in [2.45, 2.75) is 158 Å². The van der Waals surface area contributed by atoms with Crippen LogP contribution in [0, 0.1) is 34.0 Å². The smallest absolute Gasteiger partial charge is 0.339 e. The summed E-state index contributed by atoms with van der Waals surface area (Å²) in [4.78, 5) is 39.6. The maximum Gasteiger partial charge on any atom is 0.339 e. The summed E-state index contributed by atoms with van der Waals surface area (Å²) in [7, 11) is 0. The van der Waals surface area contributed by atoms with Gasteiger partial charge in [-0.25, -0.2) is 14.4 Å². The molecule has 424 valence electrons. The third-order valence-corrected chi connectivity index (χ3v) is 15.8. The van der Waals surface area contributed by atoms with Crippen LogP contribution in [0.1, 0.15) is 156 Å². The first-order valence-corrected chi connectivity index (χ1v) is 31.3. The lowest BCUT2D eigenvalue weighted by atomic mass is 10.0. The Kier molecular flexibility index (Phi) is 32.3. The number of benzene rings is 6. The molecule has 12 heteroatoms. The van der Waals surface area contributed by atoms with E-state index in [1.54, 1.807) is 57.2 Å². The van der Waals surface area contributed by atoms with E-state index in [0.29, 0.717) is 16.7 Å². The Balaban J connectivity index is 0.000000262. The molecule has 9 nitrogen and oxygen atoms in total. The Bertz CT molecular complexity index is 2930. The van der Waals surface area contributed by atoms with E-state index in [9.17, 15) is 14.4 Å². The average molecular weight is 1140 g/mol. The van der Waals surface area contributed by atoms with E-state index in [0.717, 1.165) is 51.3 Å². The molecule has 0 amide bonds. The van der Waals surface area contributed by atoms with Crippen LogP contribution in [-0.4, -0.2) is 53.5 Å². The van der Waals surface area contributed by atoms with E-state index in [-0.39, 0.29) is 0 Å². The molecule has 6 aromatic rings. The number of hydrogen-bond donors (Lipinski definition) is 0. The number of thioether (sulfide) groups is 3. The highest BCUT2D eigenvalue weighted by Crippen LogP contribution is 2.29. The van der Waals surface area contributed by atoms with Gasteiger partial charge in [0.1, 0.15) is 18.2 Å². The van der Waals surface area contributed by atoms with Crippen molar-refractivity contribution in [2.75, 3.05) is 17.3 Å². The third-order valence-electron chi connectivity index (χ3n) is 12.5. The van der Waals surface area contributed by atoms with Crippen LogP contribution in [0.3, 0.4) is 0 Å². The Morgan fingerprint density at radius 1 is 0.370 bits per heavy atom. The maximum atomic E-state index is 11.9. The minimum absolute atomic E-state index is 0.449. The van der Waals surface area contributed by atoms with Crippen LogP contribution in [0.15, 0.2) is 172 Å². The van der Waals surface area contributed by atoms with E-state index < -0.39 is 36.2 Å². The number of unbranched alkanes of at least 4 members (excludes halogenated alkanes) is 9. The molecule has 0 aliphatic rings. The summed E-state index contributed by atoms with van der Waals surface area (Å²) in [6.45, 7) is 11.3. The van der Waals surface area contributed by atoms with Crippen molar-refractivity contribution in [2.24, 2.45) is 0 Å². The first-order chi connectivity index (χ1) is 39.4. The largest absolute Gasteiger partial charge is 0.444 e. The van der Waals surface area contributed by atoms with Gasteiger partial charge in [0.05, 0.1) is 16.7 Å². The van der Waals surface area contributed by atoms with Crippen LogP contribution < -0.4 is 0 Å². The standard InChI is InChI=1S/C24H27NO2S.C23H27NO2S.C22H25NO2S/c1-3-4-5-6-7-8-17-28-23-15-13-21(14-16-23)20-9-11-22(12-10-20)24(26)27-19(2)18-25;1-3-4-5-6-7-16-27-22-14-12-20(13-15-22)19-8-10-21(11-9-19)23(25)26-18(2)17-24;1-3-4-5-6-15-26-21-13-11-19(12-14-21)18-7-9-20(10-8-18)22(24)25-17(2)16-23/h6-7,9-16,19H,3-5,8,17H2,1-2H3;8-15,18H,3-7,16H2,1-2H3;7-14,17H,3-6,15H2,1-2H3/t19-;18-;17-/m111/s1. The summed E-state index contributed by atoms with van der Waals surface area (Å²) in [5, 5.41) is 26.2. The van der Waals surface area contributed by atoms with Gasteiger partial charge in [0, 0.05) is 20.4 Å². The van der Waals surface area contributed by atoms with E-state index in [4.69, 9.17) is 30.0 Å². The van der Waals surface area contributed by atoms with Crippen LogP contribution in [0.2, 0.25) is 0 Å².